The van der Waals surface area contributed by atoms with E-state index in [0.29, 0.717) is 16.7 Å². The number of rotatable bonds is 8. The van der Waals surface area contributed by atoms with Crippen molar-refractivity contribution < 1.29 is 9.18 Å². The van der Waals surface area contributed by atoms with Crippen molar-refractivity contribution in [3.05, 3.63) is 101 Å². The molecule has 0 unspecified atom stereocenters. The Labute approximate surface area is 202 Å². The number of halogens is 1. The summed E-state index contributed by atoms with van der Waals surface area (Å²) in [6.07, 6.45) is 0.898. The van der Waals surface area contributed by atoms with Crippen LogP contribution in [-0.2, 0) is 18.7 Å². The first-order chi connectivity index (χ1) is 16.5. The van der Waals surface area contributed by atoms with Gasteiger partial charge in [-0.25, -0.2) is 9.18 Å². The number of benzene rings is 3. The molecule has 0 spiro atoms. The number of aromatic nitrogens is 3. The Morgan fingerprint density at radius 1 is 1.00 bits per heavy atom. The maximum Gasteiger partial charge on any atom is 0.319 e. The summed E-state index contributed by atoms with van der Waals surface area (Å²) in [6, 6.07) is 21.9. The largest absolute Gasteiger partial charge is 0.331 e. The van der Waals surface area contributed by atoms with Gasteiger partial charge in [0.15, 0.2) is 11.0 Å². The first kappa shape index (κ1) is 23.5. The van der Waals surface area contributed by atoms with E-state index in [4.69, 9.17) is 0 Å². The predicted molar refractivity (Wildman–Crippen MR) is 134 cm³/mol. The second-order valence-corrected chi connectivity index (χ2v) is 8.79. The number of hydrogen-bond acceptors (Lipinski definition) is 4. The highest BCUT2D eigenvalue weighted by atomic mass is 32.2. The minimum absolute atomic E-state index is 0.206. The number of nitrogens with zero attached hydrogens (tertiary/aromatic N) is 3. The van der Waals surface area contributed by atoms with Gasteiger partial charge in [-0.05, 0) is 60.9 Å². The number of urea groups is 1. The fraction of sp³-hybridized carbons (Fsp3) is 0.192. The Morgan fingerprint density at radius 2 is 1.76 bits per heavy atom. The Morgan fingerprint density at radius 3 is 2.50 bits per heavy atom. The first-order valence-electron chi connectivity index (χ1n) is 11.0. The Hall–Kier alpha value is -3.65. The minimum atomic E-state index is -0.313. The molecule has 174 valence electrons. The second-order valence-electron chi connectivity index (χ2n) is 7.85. The summed E-state index contributed by atoms with van der Waals surface area (Å²) in [5.41, 5.74) is 4.93. The van der Waals surface area contributed by atoms with Crippen LogP contribution in [0.1, 0.15) is 29.4 Å². The molecule has 34 heavy (non-hydrogen) atoms. The molecule has 0 aliphatic rings. The van der Waals surface area contributed by atoms with Gasteiger partial charge in [-0.15, -0.1) is 10.2 Å². The third-order valence-corrected chi connectivity index (χ3v) is 6.27. The summed E-state index contributed by atoms with van der Waals surface area (Å²) in [5.74, 6) is 0.971. The van der Waals surface area contributed by atoms with Crippen LogP contribution in [0.2, 0.25) is 0 Å². The van der Waals surface area contributed by atoms with E-state index in [-0.39, 0.29) is 18.4 Å². The van der Waals surface area contributed by atoms with Gasteiger partial charge in [0, 0.05) is 17.1 Å². The van der Waals surface area contributed by atoms with Gasteiger partial charge in [-0.2, -0.15) is 0 Å². The molecule has 0 aliphatic carbocycles. The van der Waals surface area contributed by atoms with Crippen LogP contribution in [0.25, 0.3) is 5.69 Å². The number of amides is 2. The van der Waals surface area contributed by atoms with Crippen molar-refractivity contribution in [1.29, 1.82) is 0 Å². The summed E-state index contributed by atoms with van der Waals surface area (Å²) in [7, 11) is 0. The monoisotopic (exact) mass is 475 g/mol. The molecule has 0 aliphatic heterocycles. The number of carbonyl (C=O) groups excluding carboxylic acids is 1. The van der Waals surface area contributed by atoms with Gasteiger partial charge in [0.1, 0.15) is 5.82 Å². The molecular formula is C26H26FN5OS. The zero-order chi connectivity index (χ0) is 23.9. The highest BCUT2D eigenvalue weighted by Gasteiger charge is 2.16. The molecule has 2 N–H and O–H groups in total. The average molecular weight is 476 g/mol. The van der Waals surface area contributed by atoms with Crippen molar-refractivity contribution in [1.82, 2.24) is 20.1 Å². The number of thioether (sulfide) groups is 1. The molecule has 1 heterocycles. The second kappa shape index (κ2) is 11.0. The lowest BCUT2D eigenvalue weighted by molar-refractivity contribution is 0.251. The Kier molecular flexibility index (Phi) is 7.59. The van der Waals surface area contributed by atoms with Crippen LogP contribution >= 0.6 is 11.8 Å². The Bertz CT molecular complexity index is 1260. The quantitative estimate of drug-likeness (QED) is 0.312. The minimum Gasteiger partial charge on any atom is -0.331 e. The fourth-order valence-corrected chi connectivity index (χ4v) is 4.32. The molecule has 3 aromatic carbocycles. The van der Waals surface area contributed by atoms with Crippen molar-refractivity contribution in [3.8, 4) is 5.69 Å². The molecule has 0 fully saturated rings. The summed E-state index contributed by atoms with van der Waals surface area (Å²) >= 11 is 1.51. The third kappa shape index (κ3) is 6.02. The van der Waals surface area contributed by atoms with E-state index in [1.165, 1.54) is 23.9 Å². The molecule has 0 saturated carbocycles. The predicted octanol–water partition coefficient (Wildman–Crippen LogP) is 5.89. The maximum atomic E-state index is 13.2. The SMILES string of the molecule is CCc1cccc(NC(=O)NCc2nnc(SCc3ccc(F)cc3)n2-c2ccc(C)cc2)c1. The molecular weight excluding hydrogens is 449 g/mol. The van der Waals surface area contributed by atoms with Crippen molar-refractivity contribution in [2.45, 2.75) is 37.7 Å². The molecule has 4 aromatic rings. The number of anilines is 1. The van der Waals surface area contributed by atoms with Gasteiger partial charge in [0.05, 0.1) is 6.54 Å². The number of aryl methyl sites for hydroxylation is 2. The van der Waals surface area contributed by atoms with Crippen LogP contribution in [0, 0.1) is 12.7 Å². The molecule has 1 aromatic heterocycles. The van der Waals surface area contributed by atoms with Crippen molar-refractivity contribution in [2.24, 2.45) is 0 Å². The first-order valence-corrected chi connectivity index (χ1v) is 12.0. The zero-order valence-corrected chi connectivity index (χ0v) is 19.9. The summed E-state index contributed by atoms with van der Waals surface area (Å²) < 4.78 is 15.2. The van der Waals surface area contributed by atoms with Crippen LogP contribution in [0.4, 0.5) is 14.9 Å². The molecule has 0 radical (unpaired) electrons. The van der Waals surface area contributed by atoms with E-state index < -0.39 is 0 Å². The number of hydrogen-bond donors (Lipinski definition) is 2. The summed E-state index contributed by atoms with van der Waals surface area (Å²) in [4.78, 5) is 12.5. The molecule has 0 bridgehead atoms. The summed E-state index contributed by atoms with van der Waals surface area (Å²) in [5, 5.41) is 15.1. The van der Waals surface area contributed by atoms with E-state index in [0.717, 1.165) is 34.5 Å². The van der Waals surface area contributed by atoms with Gasteiger partial charge < -0.3 is 10.6 Å². The number of carbonyl (C=O) groups is 1. The van der Waals surface area contributed by atoms with Crippen molar-refractivity contribution in [2.75, 3.05) is 5.32 Å². The molecule has 6 nitrogen and oxygen atoms in total. The third-order valence-electron chi connectivity index (χ3n) is 5.27. The molecule has 0 saturated heterocycles. The topological polar surface area (TPSA) is 71.8 Å². The van der Waals surface area contributed by atoms with E-state index in [1.54, 1.807) is 12.1 Å². The van der Waals surface area contributed by atoms with Crippen LogP contribution in [-0.4, -0.2) is 20.8 Å². The highest BCUT2D eigenvalue weighted by Crippen LogP contribution is 2.26. The average Bonchev–Trinajstić information content (AvgIpc) is 3.26. The van der Waals surface area contributed by atoms with Crippen LogP contribution in [0.3, 0.4) is 0 Å². The van der Waals surface area contributed by atoms with Gasteiger partial charge >= 0.3 is 6.03 Å². The van der Waals surface area contributed by atoms with Crippen molar-refractivity contribution in [3.63, 3.8) is 0 Å². The van der Waals surface area contributed by atoms with E-state index in [1.807, 2.05) is 60.0 Å². The smallest absolute Gasteiger partial charge is 0.319 e. The standard InChI is InChI=1S/C26H26FN5OS/c1-3-19-5-4-6-22(15-19)29-25(33)28-16-24-30-31-26(32(24)23-13-7-18(2)8-14-23)34-17-20-9-11-21(27)12-10-20/h4-15H,3,16-17H2,1-2H3,(H2,28,29,33). The van der Waals surface area contributed by atoms with Gasteiger partial charge in [-0.1, -0.05) is 60.6 Å². The van der Waals surface area contributed by atoms with Gasteiger partial charge in [-0.3, -0.25) is 4.57 Å². The number of nitrogens with one attached hydrogen (secondary N) is 2. The van der Waals surface area contributed by atoms with E-state index >= 15 is 0 Å². The van der Waals surface area contributed by atoms with Crippen LogP contribution in [0.15, 0.2) is 78.0 Å². The van der Waals surface area contributed by atoms with E-state index in [9.17, 15) is 9.18 Å². The van der Waals surface area contributed by atoms with Crippen molar-refractivity contribution >= 4 is 23.5 Å². The lowest BCUT2D eigenvalue weighted by Crippen LogP contribution is -2.29. The molecule has 8 heteroatoms. The normalized spacial score (nSPS) is 10.8. The lowest BCUT2D eigenvalue weighted by Gasteiger charge is -2.12. The summed E-state index contributed by atoms with van der Waals surface area (Å²) in [6.45, 7) is 4.31. The highest BCUT2D eigenvalue weighted by molar-refractivity contribution is 7.98. The lowest BCUT2D eigenvalue weighted by atomic mass is 10.1. The molecule has 4 rings (SSSR count). The fourth-order valence-electron chi connectivity index (χ4n) is 3.39. The van der Waals surface area contributed by atoms with Gasteiger partial charge in [0.2, 0.25) is 0 Å². The molecule has 0 atom stereocenters. The molecule has 2 amide bonds. The van der Waals surface area contributed by atoms with Crippen LogP contribution in [0.5, 0.6) is 0 Å². The van der Waals surface area contributed by atoms with Gasteiger partial charge in [0.25, 0.3) is 0 Å². The maximum absolute atomic E-state index is 13.2. The Balaban J connectivity index is 1.49. The van der Waals surface area contributed by atoms with Crippen LogP contribution < -0.4 is 10.6 Å². The zero-order valence-electron chi connectivity index (χ0n) is 19.1. The van der Waals surface area contributed by atoms with E-state index in [2.05, 4.69) is 27.8 Å².